The van der Waals surface area contributed by atoms with Gasteiger partial charge in [0.1, 0.15) is 9.92 Å². The number of fused-ring (bicyclic) bond motifs is 5. The molecule has 1 aliphatic heterocycles. The van der Waals surface area contributed by atoms with Gasteiger partial charge in [-0.3, -0.25) is 9.59 Å². The average Bonchev–Trinajstić information content (AvgIpc) is 3.09. The zero-order valence-electron chi connectivity index (χ0n) is 20.3. The number of morpholine rings is 1. The minimum absolute atomic E-state index is 0.0828. The van der Waals surface area contributed by atoms with Crippen LogP contribution in [0.1, 0.15) is 58.8 Å². The lowest BCUT2D eigenvalue weighted by Crippen LogP contribution is -2.62. The fourth-order valence-corrected chi connectivity index (χ4v) is 9.45. The number of thioether (sulfide) groups is 1. The molecular formula is C26H37NO5S2. The van der Waals surface area contributed by atoms with Crippen LogP contribution in [0.3, 0.4) is 0 Å². The number of carbonyl (C=O) groups excluding carboxylic acids is 2. The van der Waals surface area contributed by atoms with Crippen molar-refractivity contribution < 1.29 is 24.5 Å². The molecule has 0 amide bonds. The quantitative estimate of drug-likeness (QED) is 0.564. The Morgan fingerprint density at radius 1 is 1.24 bits per heavy atom. The van der Waals surface area contributed by atoms with E-state index in [1.807, 2.05) is 13.0 Å². The lowest BCUT2D eigenvalue weighted by atomic mass is 9.45. The first-order chi connectivity index (χ1) is 16.1. The van der Waals surface area contributed by atoms with Crippen molar-refractivity contribution >= 4 is 39.9 Å². The van der Waals surface area contributed by atoms with Crippen LogP contribution in [0.25, 0.3) is 0 Å². The van der Waals surface area contributed by atoms with Crippen molar-refractivity contribution in [3.63, 3.8) is 0 Å². The molecule has 6 nitrogen and oxygen atoms in total. The van der Waals surface area contributed by atoms with Crippen molar-refractivity contribution in [1.29, 1.82) is 0 Å². The second-order valence-corrected chi connectivity index (χ2v) is 13.2. The van der Waals surface area contributed by atoms with E-state index in [1.165, 1.54) is 17.3 Å². The molecule has 0 aromatic rings. The molecule has 1 heterocycles. The third kappa shape index (κ3) is 3.74. The molecule has 2 N–H and O–H groups in total. The Bertz CT molecular complexity index is 917. The van der Waals surface area contributed by atoms with Gasteiger partial charge >= 0.3 is 0 Å². The molecule has 0 radical (unpaired) electrons. The molecule has 0 aromatic heterocycles. The summed E-state index contributed by atoms with van der Waals surface area (Å²) in [6.45, 7) is 7.01. The molecule has 7 atom stereocenters. The number of aliphatic hydroxyl groups is 2. The number of rotatable bonds is 3. The number of carbonyl (C=O) groups is 2. The molecule has 3 saturated carbocycles. The molecule has 5 aliphatic rings. The summed E-state index contributed by atoms with van der Waals surface area (Å²) in [5, 5.41) is 23.4. The molecular weight excluding hydrogens is 470 g/mol. The zero-order chi connectivity index (χ0) is 24.3. The first-order valence-corrected chi connectivity index (χ1v) is 14.2. The first kappa shape index (κ1) is 24.9. The zero-order valence-corrected chi connectivity index (χ0v) is 21.9. The smallest absolute Gasteiger partial charge is 0.175 e. The van der Waals surface area contributed by atoms with Crippen LogP contribution in [0, 0.1) is 28.6 Å². The summed E-state index contributed by atoms with van der Waals surface area (Å²) in [6.07, 6.45) is 6.05. The standard InChI is InChI=1S/C26H37NO5S2/c1-24-7-5-17(28)13-16(24)3-4-18-19-6-8-26(31,25(19,2)14-20(29)22(18)24)21(30)15-34-23(33)27-9-11-32-12-10-27/h13,18-20,22,29,31H,3-12,14-15H2,1-2H3/t18-,19+,20-,22+,24+,25+,26+/m1/s1. The highest BCUT2D eigenvalue weighted by atomic mass is 32.2. The summed E-state index contributed by atoms with van der Waals surface area (Å²) in [5.41, 5.74) is -1.04. The fraction of sp³-hybridized carbons (Fsp3) is 0.808. The molecule has 4 fully saturated rings. The molecule has 8 heteroatoms. The predicted octanol–water partition coefficient (Wildman–Crippen LogP) is 3.14. The second kappa shape index (κ2) is 8.94. The van der Waals surface area contributed by atoms with Gasteiger partial charge in [-0.15, -0.1) is 0 Å². The molecule has 4 aliphatic carbocycles. The minimum Gasteiger partial charge on any atom is -0.393 e. The Morgan fingerprint density at radius 2 is 1.97 bits per heavy atom. The van der Waals surface area contributed by atoms with Crippen LogP contribution in [-0.2, 0) is 14.3 Å². The van der Waals surface area contributed by atoms with Crippen LogP contribution < -0.4 is 0 Å². The Balaban J connectivity index is 1.34. The molecule has 0 unspecified atom stereocenters. The fourth-order valence-electron chi connectivity index (χ4n) is 8.23. The summed E-state index contributed by atoms with van der Waals surface area (Å²) in [7, 11) is 0. The van der Waals surface area contributed by atoms with Gasteiger partial charge in [0, 0.05) is 24.9 Å². The maximum atomic E-state index is 13.5. The number of allylic oxidation sites excluding steroid dienone is 1. The minimum atomic E-state index is -1.43. The van der Waals surface area contributed by atoms with Crippen LogP contribution in [0.15, 0.2) is 11.6 Å². The van der Waals surface area contributed by atoms with Gasteiger partial charge in [-0.25, -0.2) is 0 Å². The Kier molecular flexibility index (Phi) is 6.54. The summed E-state index contributed by atoms with van der Waals surface area (Å²) >= 11 is 6.89. The normalized spacial score (nSPS) is 44.1. The highest BCUT2D eigenvalue weighted by Crippen LogP contribution is 2.67. The van der Waals surface area contributed by atoms with Crippen LogP contribution in [0.2, 0.25) is 0 Å². The molecule has 34 heavy (non-hydrogen) atoms. The van der Waals surface area contributed by atoms with Crippen LogP contribution in [0.5, 0.6) is 0 Å². The van der Waals surface area contributed by atoms with Crippen molar-refractivity contribution in [3.05, 3.63) is 11.6 Å². The van der Waals surface area contributed by atoms with E-state index in [1.54, 1.807) is 0 Å². The van der Waals surface area contributed by atoms with Crippen molar-refractivity contribution in [3.8, 4) is 0 Å². The molecule has 188 valence electrons. The van der Waals surface area contributed by atoms with Gasteiger partial charge in [-0.05, 0) is 67.8 Å². The van der Waals surface area contributed by atoms with Crippen molar-refractivity contribution in [2.45, 2.75) is 70.5 Å². The topological polar surface area (TPSA) is 87.1 Å². The maximum Gasteiger partial charge on any atom is 0.175 e. The Hall–Kier alpha value is -0.800. The van der Waals surface area contributed by atoms with Gasteiger partial charge in [0.2, 0.25) is 0 Å². The van der Waals surface area contributed by atoms with E-state index >= 15 is 0 Å². The van der Waals surface area contributed by atoms with E-state index in [2.05, 4.69) is 11.8 Å². The van der Waals surface area contributed by atoms with Gasteiger partial charge in [0.05, 0.1) is 25.1 Å². The number of Topliss-reactive ketones (excluding diaryl/α,β-unsaturated/α-hetero) is 1. The lowest BCUT2D eigenvalue weighted by Gasteiger charge is -2.60. The Morgan fingerprint density at radius 3 is 2.71 bits per heavy atom. The highest BCUT2D eigenvalue weighted by molar-refractivity contribution is 8.23. The third-order valence-corrected chi connectivity index (χ3v) is 11.6. The van der Waals surface area contributed by atoms with Crippen molar-refractivity contribution in [2.75, 3.05) is 32.1 Å². The number of aliphatic hydroxyl groups excluding tert-OH is 1. The second-order valence-electron chi connectivity index (χ2n) is 11.6. The molecule has 1 saturated heterocycles. The van der Waals surface area contributed by atoms with E-state index in [0.29, 0.717) is 36.8 Å². The number of ketones is 2. The van der Waals surface area contributed by atoms with Crippen molar-refractivity contribution in [1.82, 2.24) is 4.90 Å². The lowest BCUT2D eigenvalue weighted by molar-refractivity contribution is -0.178. The van der Waals surface area contributed by atoms with Crippen LogP contribution in [0.4, 0.5) is 0 Å². The summed E-state index contributed by atoms with van der Waals surface area (Å²) in [4.78, 5) is 27.6. The Labute approximate surface area is 211 Å². The number of nitrogens with zero attached hydrogens (tertiary/aromatic N) is 1. The number of hydrogen-bond acceptors (Lipinski definition) is 7. The summed E-state index contributed by atoms with van der Waals surface area (Å²) < 4.78 is 6.07. The third-order valence-electron chi connectivity index (χ3n) is 10.1. The van der Waals surface area contributed by atoms with E-state index in [0.717, 1.165) is 38.8 Å². The monoisotopic (exact) mass is 507 g/mol. The number of ether oxygens (including phenoxy) is 1. The summed E-state index contributed by atoms with van der Waals surface area (Å²) in [6, 6.07) is 0. The average molecular weight is 508 g/mol. The van der Waals surface area contributed by atoms with E-state index in [4.69, 9.17) is 17.0 Å². The molecule has 0 spiro atoms. The van der Waals surface area contributed by atoms with Crippen LogP contribution >= 0.6 is 24.0 Å². The van der Waals surface area contributed by atoms with Gasteiger partial charge in [0.15, 0.2) is 11.6 Å². The van der Waals surface area contributed by atoms with Crippen LogP contribution in [-0.4, -0.2) is 74.8 Å². The molecule has 5 rings (SSSR count). The molecule has 0 aromatic carbocycles. The highest BCUT2D eigenvalue weighted by Gasteiger charge is 2.68. The van der Waals surface area contributed by atoms with Crippen molar-refractivity contribution in [2.24, 2.45) is 28.6 Å². The van der Waals surface area contributed by atoms with E-state index in [9.17, 15) is 19.8 Å². The largest absolute Gasteiger partial charge is 0.393 e. The molecule has 0 bridgehead atoms. The number of hydrogen-bond donors (Lipinski definition) is 2. The predicted molar refractivity (Wildman–Crippen MR) is 136 cm³/mol. The SMILES string of the molecule is C[C@]12CCC(=O)C=C1CC[C@H]1[C@H]2[C@H](O)C[C@@]2(C)[C@H]1CC[C@]2(O)C(=O)CSC(=S)N1CCOCC1. The van der Waals surface area contributed by atoms with Gasteiger partial charge in [-0.2, -0.15) is 0 Å². The number of thiocarbonyl (C=S) groups is 1. The van der Waals surface area contributed by atoms with Gasteiger partial charge < -0.3 is 19.8 Å². The maximum absolute atomic E-state index is 13.5. The van der Waals surface area contributed by atoms with E-state index < -0.39 is 17.1 Å². The summed E-state index contributed by atoms with van der Waals surface area (Å²) in [5.74, 6) is 0.741. The van der Waals surface area contributed by atoms with E-state index in [-0.39, 0.29) is 40.5 Å². The van der Waals surface area contributed by atoms with Gasteiger partial charge in [0.25, 0.3) is 0 Å². The van der Waals surface area contributed by atoms with Gasteiger partial charge in [-0.1, -0.05) is 43.4 Å². The first-order valence-electron chi connectivity index (χ1n) is 12.8.